The highest BCUT2D eigenvalue weighted by Gasteiger charge is 2.32. The van der Waals surface area contributed by atoms with Crippen LogP contribution in [0.15, 0.2) is 22.8 Å². The van der Waals surface area contributed by atoms with E-state index in [1.165, 1.54) is 0 Å². The van der Waals surface area contributed by atoms with Gasteiger partial charge in [0.25, 0.3) is 0 Å². The molecule has 0 unspecified atom stereocenters. The molecule has 4 nitrogen and oxygen atoms in total. The second kappa shape index (κ2) is 3.59. The molecule has 1 aromatic heterocycles. The molecule has 0 aliphatic rings. The molecule has 0 spiro atoms. The first-order chi connectivity index (χ1) is 7.44. The molecule has 0 bridgehead atoms. The van der Waals surface area contributed by atoms with Crippen LogP contribution in [0.4, 0.5) is 0 Å². The SMILES string of the molecule is CC(C)(C(=O)O)c1cccc2n[nH]c(Br)c12. The zero-order chi connectivity index (χ0) is 11.9. The molecule has 0 fully saturated rings. The van der Waals surface area contributed by atoms with Crippen LogP contribution >= 0.6 is 15.9 Å². The number of nitrogens with one attached hydrogen (secondary N) is 1. The van der Waals surface area contributed by atoms with Crippen molar-refractivity contribution in [2.24, 2.45) is 0 Å². The Morgan fingerprint density at radius 2 is 2.19 bits per heavy atom. The van der Waals surface area contributed by atoms with Crippen LogP contribution in [0.25, 0.3) is 10.9 Å². The maximum Gasteiger partial charge on any atom is 0.313 e. The fourth-order valence-electron chi connectivity index (χ4n) is 1.67. The lowest BCUT2D eigenvalue weighted by atomic mass is 9.83. The van der Waals surface area contributed by atoms with Gasteiger partial charge in [0.1, 0.15) is 4.60 Å². The van der Waals surface area contributed by atoms with Crippen LogP contribution in [0, 0.1) is 0 Å². The maximum atomic E-state index is 11.3. The zero-order valence-electron chi connectivity index (χ0n) is 8.91. The summed E-state index contributed by atoms with van der Waals surface area (Å²) in [4.78, 5) is 11.3. The Balaban J connectivity index is 2.78. The quantitative estimate of drug-likeness (QED) is 0.890. The molecule has 0 aliphatic heterocycles. The summed E-state index contributed by atoms with van der Waals surface area (Å²) in [6.07, 6.45) is 0. The number of aromatic amines is 1. The number of aliphatic carboxylic acids is 1. The van der Waals surface area contributed by atoms with Gasteiger partial charge in [-0.1, -0.05) is 12.1 Å². The molecule has 0 aliphatic carbocycles. The number of carbonyl (C=O) groups is 1. The first kappa shape index (κ1) is 11.1. The molecule has 5 heteroatoms. The molecule has 2 aromatic rings. The van der Waals surface area contributed by atoms with Gasteiger partial charge in [0.15, 0.2) is 0 Å². The molecule has 0 atom stereocenters. The molecule has 1 heterocycles. The number of benzene rings is 1. The fourth-order valence-corrected chi connectivity index (χ4v) is 2.17. The van der Waals surface area contributed by atoms with E-state index in [1.54, 1.807) is 13.8 Å². The Kier molecular flexibility index (Phi) is 2.50. The number of halogens is 1. The summed E-state index contributed by atoms with van der Waals surface area (Å²) in [5.74, 6) is -0.854. The lowest BCUT2D eigenvalue weighted by Gasteiger charge is -2.20. The van der Waals surface area contributed by atoms with E-state index in [-0.39, 0.29) is 0 Å². The molecular formula is C11H11BrN2O2. The summed E-state index contributed by atoms with van der Waals surface area (Å²) in [7, 11) is 0. The average Bonchev–Trinajstić information content (AvgIpc) is 2.60. The molecule has 2 rings (SSSR count). The molecule has 1 aromatic carbocycles. The largest absolute Gasteiger partial charge is 0.481 e. The normalized spacial score (nSPS) is 11.9. The van der Waals surface area contributed by atoms with Crippen molar-refractivity contribution in [2.45, 2.75) is 19.3 Å². The second-order valence-corrected chi connectivity index (χ2v) is 4.96. The van der Waals surface area contributed by atoms with Crippen molar-refractivity contribution in [1.82, 2.24) is 10.2 Å². The van der Waals surface area contributed by atoms with Gasteiger partial charge in [-0.05, 0) is 41.4 Å². The second-order valence-electron chi connectivity index (χ2n) is 4.17. The fraction of sp³-hybridized carbons (Fsp3) is 0.273. The van der Waals surface area contributed by atoms with Crippen LogP contribution in [-0.2, 0) is 10.2 Å². The first-order valence-corrected chi connectivity index (χ1v) is 5.60. The average molecular weight is 283 g/mol. The smallest absolute Gasteiger partial charge is 0.313 e. The van der Waals surface area contributed by atoms with E-state index in [0.717, 1.165) is 16.5 Å². The van der Waals surface area contributed by atoms with Crippen molar-refractivity contribution in [1.29, 1.82) is 0 Å². The van der Waals surface area contributed by atoms with Crippen molar-refractivity contribution in [3.05, 3.63) is 28.4 Å². The van der Waals surface area contributed by atoms with Crippen LogP contribution in [0.1, 0.15) is 19.4 Å². The van der Waals surface area contributed by atoms with Crippen LogP contribution < -0.4 is 0 Å². The van der Waals surface area contributed by atoms with Crippen molar-refractivity contribution < 1.29 is 9.90 Å². The molecular weight excluding hydrogens is 272 g/mol. The van der Waals surface area contributed by atoms with Crippen LogP contribution in [-0.4, -0.2) is 21.3 Å². The standard InChI is InChI=1S/C11H11BrN2O2/c1-11(2,10(15)16)6-4-3-5-7-8(6)9(12)14-13-7/h3-5H,1-2H3,(H,13,14)(H,15,16). The minimum atomic E-state index is -0.939. The summed E-state index contributed by atoms with van der Waals surface area (Å²) >= 11 is 3.35. The van der Waals surface area contributed by atoms with Gasteiger partial charge in [0, 0.05) is 5.39 Å². The predicted octanol–water partition coefficient (Wildman–Crippen LogP) is 2.69. The lowest BCUT2D eigenvalue weighted by molar-refractivity contribution is -0.142. The first-order valence-electron chi connectivity index (χ1n) is 4.81. The number of carboxylic acids is 1. The number of nitrogens with zero attached hydrogens (tertiary/aromatic N) is 1. The van der Waals surface area contributed by atoms with Gasteiger partial charge in [0.2, 0.25) is 0 Å². The summed E-state index contributed by atoms with van der Waals surface area (Å²) in [6, 6.07) is 5.48. The van der Waals surface area contributed by atoms with E-state index in [4.69, 9.17) is 0 Å². The van der Waals surface area contributed by atoms with Crippen molar-refractivity contribution in [3.8, 4) is 0 Å². The number of carboxylic acid groups (broad SMARTS) is 1. The van der Waals surface area contributed by atoms with Crippen molar-refractivity contribution in [2.75, 3.05) is 0 Å². The maximum absolute atomic E-state index is 11.3. The van der Waals surface area contributed by atoms with E-state index >= 15 is 0 Å². The van der Waals surface area contributed by atoms with Crippen molar-refractivity contribution in [3.63, 3.8) is 0 Å². The third-order valence-electron chi connectivity index (χ3n) is 2.74. The number of H-pyrrole nitrogens is 1. The van der Waals surface area contributed by atoms with Gasteiger partial charge in [0.05, 0.1) is 10.9 Å². The van der Waals surface area contributed by atoms with Gasteiger partial charge in [-0.2, -0.15) is 5.10 Å². The number of aromatic nitrogens is 2. The number of fused-ring (bicyclic) bond motifs is 1. The summed E-state index contributed by atoms with van der Waals surface area (Å²) < 4.78 is 0.715. The van der Waals surface area contributed by atoms with Gasteiger partial charge in [-0.15, -0.1) is 0 Å². The lowest BCUT2D eigenvalue weighted by Crippen LogP contribution is -2.28. The number of rotatable bonds is 2. The highest BCUT2D eigenvalue weighted by molar-refractivity contribution is 9.10. The van der Waals surface area contributed by atoms with Gasteiger partial charge >= 0.3 is 5.97 Å². The van der Waals surface area contributed by atoms with E-state index in [2.05, 4.69) is 26.1 Å². The monoisotopic (exact) mass is 282 g/mol. The van der Waals surface area contributed by atoms with E-state index in [0.29, 0.717) is 4.60 Å². The molecule has 0 saturated carbocycles. The molecule has 2 N–H and O–H groups in total. The van der Waals surface area contributed by atoms with Crippen LogP contribution in [0.5, 0.6) is 0 Å². The van der Waals surface area contributed by atoms with Crippen molar-refractivity contribution >= 4 is 32.8 Å². The minimum absolute atomic E-state index is 0.715. The molecule has 84 valence electrons. The third-order valence-corrected chi connectivity index (χ3v) is 3.32. The zero-order valence-corrected chi connectivity index (χ0v) is 10.5. The molecule has 0 amide bonds. The van der Waals surface area contributed by atoms with E-state index in [1.807, 2.05) is 18.2 Å². The number of hydrogen-bond donors (Lipinski definition) is 2. The third kappa shape index (κ3) is 1.51. The Hall–Kier alpha value is -1.36. The number of hydrogen-bond acceptors (Lipinski definition) is 2. The van der Waals surface area contributed by atoms with E-state index < -0.39 is 11.4 Å². The van der Waals surface area contributed by atoms with Crippen LogP contribution in [0.2, 0.25) is 0 Å². The summed E-state index contributed by atoms with van der Waals surface area (Å²) in [5, 5.41) is 17.0. The molecule has 16 heavy (non-hydrogen) atoms. The Morgan fingerprint density at radius 1 is 1.50 bits per heavy atom. The summed E-state index contributed by atoms with van der Waals surface area (Å²) in [5.41, 5.74) is 0.572. The highest BCUT2D eigenvalue weighted by Crippen LogP contribution is 2.33. The topological polar surface area (TPSA) is 66.0 Å². The van der Waals surface area contributed by atoms with Gasteiger partial charge in [-0.25, -0.2) is 0 Å². The Labute approximate surface area is 101 Å². The molecule has 0 saturated heterocycles. The van der Waals surface area contributed by atoms with E-state index in [9.17, 15) is 9.90 Å². The molecule has 0 radical (unpaired) electrons. The minimum Gasteiger partial charge on any atom is -0.481 e. The Morgan fingerprint density at radius 3 is 2.81 bits per heavy atom. The van der Waals surface area contributed by atoms with Crippen LogP contribution in [0.3, 0.4) is 0 Å². The Bertz CT molecular complexity index is 560. The van der Waals surface area contributed by atoms with Gasteiger partial charge in [-0.3, -0.25) is 9.89 Å². The summed E-state index contributed by atoms with van der Waals surface area (Å²) in [6.45, 7) is 3.37. The van der Waals surface area contributed by atoms with Gasteiger partial charge < -0.3 is 5.11 Å². The highest BCUT2D eigenvalue weighted by atomic mass is 79.9. The predicted molar refractivity (Wildman–Crippen MR) is 64.5 cm³/mol.